The summed E-state index contributed by atoms with van der Waals surface area (Å²) in [4.78, 5) is 12.2. The van der Waals surface area contributed by atoms with Gasteiger partial charge in [-0.25, -0.2) is 4.68 Å². The Morgan fingerprint density at radius 3 is 2.93 bits per heavy atom. The van der Waals surface area contributed by atoms with Crippen molar-refractivity contribution in [3.63, 3.8) is 0 Å². The lowest BCUT2D eigenvalue weighted by molar-refractivity contribution is -0.113. The molecule has 1 aliphatic carbocycles. The van der Waals surface area contributed by atoms with Crippen LogP contribution in [0.5, 0.6) is 5.75 Å². The smallest absolute Gasteiger partial charge is 0.234 e. The molecule has 0 radical (unpaired) electrons. The van der Waals surface area contributed by atoms with Gasteiger partial charge in [0.25, 0.3) is 0 Å². The summed E-state index contributed by atoms with van der Waals surface area (Å²) in [6, 6.07) is 7.13. The fourth-order valence-corrected chi connectivity index (χ4v) is 3.70. The van der Waals surface area contributed by atoms with Crippen molar-refractivity contribution in [1.29, 1.82) is 0 Å². The monoisotopic (exact) mass is 385 g/mol. The zero-order valence-corrected chi connectivity index (χ0v) is 15.5. The van der Waals surface area contributed by atoms with Gasteiger partial charge in [0.1, 0.15) is 11.4 Å². The Kier molecular flexibility index (Phi) is 4.71. The Hall–Kier alpha value is -3.01. The van der Waals surface area contributed by atoms with Crippen molar-refractivity contribution in [2.45, 2.75) is 24.4 Å². The molecule has 9 nitrogen and oxygen atoms in total. The van der Waals surface area contributed by atoms with Crippen molar-refractivity contribution in [1.82, 2.24) is 25.1 Å². The lowest BCUT2D eigenvalue weighted by Crippen LogP contribution is -2.16. The van der Waals surface area contributed by atoms with Crippen molar-refractivity contribution >= 4 is 23.4 Å². The van der Waals surface area contributed by atoms with Gasteiger partial charge in [-0.1, -0.05) is 11.8 Å². The largest absolute Gasteiger partial charge is 0.497 e. The summed E-state index contributed by atoms with van der Waals surface area (Å²) in [5.74, 6) is 7.38. The van der Waals surface area contributed by atoms with Crippen molar-refractivity contribution in [2.24, 2.45) is 0 Å². The summed E-state index contributed by atoms with van der Waals surface area (Å²) in [5.41, 5.74) is 3.74. The first kappa shape index (κ1) is 17.4. The maximum atomic E-state index is 12.2. The Morgan fingerprint density at radius 1 is 1.33 bits per heavy atom. The van der Waals surface area contributed by atoms with Crippen molar-refractivity contribution in [2.75, 3.05) is 24.0 Å². The first-order chi connectivity index (χ1) is 13.2. The number of ether oxygens (including phenoxy) is 1. The van der Waals surface area contributed by atoms with E-state index in [-0.39, 0.29) is 11.7 Å². The molecule has 0 aliphatic heterocycles. The molecule has 4 N–H and O–H groups in total. The zero-order chi connectivity index (χ0) is 18.8. The van der Waals surface area contributed by atoms with Crippen LogP contribution >= 0.6 is 11.8 Å². The van der Waals surface area contributed by atoms with Crippen LogP contribution in [0.4, 0.5) is 5.69 Å². The first-order valence-electron chi connectivity index (χ1n) is 8.49. The average Bonchev–Trinajstić information content (AvgIpc) is 3.37. The molecular formula is C17H19N7O2S. The molecule has 2 aromatic heterocycles. The van der Waals surface area contributed by atoms with Crippen LogP contribution < -0.4 is 15.9 Å². The lowest BCUT2D eigenvalue weighted by Gasteiger charge is -2.06. The average molecular weight is 385 g/mol. The van der Waals surface area contributed by atoms with E-state index in [4.69, 9.17) is 10.6 Å². The number of anilines is 1. The Morgan fingerprint density at radius 2 is 2.15 bits per heavy atom. The number of aromatic amines is 1. The van der Waals surface area contributed by atoms with Gasteiger partial charge in [-0.15, -0.1) is 10.2 Å². The Bertz CT molecular complexity index is 964. The van der Waals surface area contributed by atoms with Crippen LogP contribution in [0.1, 0.15) is 17.7 Å². The molecule has 0 spiro atoms. The number of thioether (sulfide) groups is 1. The molecule has 1 amide bonds. The van der Waals surface area contributed by atoms with E-state index in [0.717, 1.165) is 42.0 Å². The number of fused-ring (bicyclic) bond motifs is 1. The second-order valence-corrected chi connectivity index (χ2v) is 7.07. The molecule has 0 saturated heterocycles. The van der Waals surface area contributed by atoms with Gasteiger partial charge in [0.15, 0.2) is 0 Å². The number of benzene rings is 1. The van der Waals surface area contributed by atoms with E-state index in [2.05, 4.69) is 25.7 Å². The number of aromatic nitrogens is 5. The highest BCUT2D eigenvalue weighted by Gasteiger charge is 2.24. The van der Waals surface area contributed by atoms with Gasteiger partial charge in [-0.3, -0.25) is 9.89 Å². The van der Waals surface area contributed by atoms with Crippen LogP contribution in [0.25, 0.3) is 11.5 Å². The number of amides is 1. The van der Waals surface area contributed by atoms with Gasteiger partial charge in [-0.05, 0) is 43.5 Å². The summed E-state index contributed by atoms with van der Waals surface area (Å²) in [5, 5.41) is 18.9. The number of hydrogen-bond donors (Lipinski definition) is 3. The molecule has 1 aromatic carbocycles. The minimum absolute atomic E-state index is 0.157. The SMILES string of the molecule is COc1ccc(NC(=O)CSc2nnc(-c3n[nH]c4c3CCC4)n2N)cc1. The number of rotatable bonds is 6. The molecule has 1 aliphatic rings. The molecule has 4 rings (SSSR count). The standard InChI is InChI=1S/C17H19N7O2S/c1-26-11-7-5-10(6-8-11)19-14(25)9-27-17-23-22-16(24(17)18)15-12-3-2-4-13(12)20-21-15/h5-8H,2-4,9,18H2,1H3,(H,19,25)(H,20,21). The van der Waals surface area contributed by atoms with Gasteiger partial charge in [0.05, 0.1) is 12.9 Å². The highest BCUT2D eigenvalue weighted by molar-refractivity contribution is 7.99. The quantitative estimate of drug-likeness (QED) is 0.435. The van der Waals surface area contributed by atoms with Crippen LogP contribution in [0.2, 0.25) is 0 Å². The number of aryl methyl sites for hydroxylation is 1. The molecule has 0 unspecified atom stereocenters. The normalized spacial score (nSPS) is 12.8. The van der Waals surface area contributed by atoms with Gasteiger partial charge < -0.3 is 15.9 Å². The second kappa shape index (κ2) is 7.31. The number of carbonyl (C=O) groups is 1. The van der Waals surface area contributed by atoms with Crippen LogP contribution in [-0.4, -0.2) is 43.8 Å². The third kappa shape index (κ3) is 3.47. The van der Waals surface area contributed by atoms with E-state index in [1.807, 2.05) is 0 Å². The predicted octanol–water partition coefficient (Wildman–Crippen LogP) is 1.61. The predicted molar refractivity (Wildman–Crippen MR) is 102 cm³/mol. The number of nitrogens with zero attached hydrogens (tertiary/aromatic N) is 4. The first-order valence-corrected chi connectivity index (χ1v) is 9.48. The molecule has 10 heteroatoms. The highest BCUT2D eigenvalue weighted by atomic mass is 32.2. The molecule has 0 saturated carbocycles. The third-order valence-electron chi connectivity index (χ3n) is 4.39. The van der Waals surface area contributed by atoms with E-state index < -0.39 is 0 Å². The van der Waals surface area contributed by atoms with Crippen molar-refractivity contribution in [3.8, 4) is 17.3 Å². The fraction of sp³-hybridized carbons (Fsp3) is 0.294. The van der Waals surface area contributed by atoms with Gasteiger partial charge in [0, 0.05) is 16.9 Å². The maximum absolute atomic E-state index is 12.2. The summed E-state index contributed by atoms with van der Waals surface area (Å²) in [6.07, 6.45) is 3.05. The fourth-order valence-electron chi connectivity index (χ4n) is 3.04. The summed E-state index contributed by atoms with van der Waals surface area (Å²) in [7, 11) is 1.60. The second-order valence-electron chi connectivity index (χ2n) is 6.12. The summed E-state index contributed by atoms with van der Waals surface area (Å²) in [6.45, 7) is 0. The molecule has 0 atom stereocenters. The maximum Gasteiger partial charge on any atom is 0.234 e. The number of carbonyl (C=O) groups excluding carboxylic acids is 1. The molecule has 2 heterocycles. The van der Waals surface area contributed by atoms with Gasteiger partial charge >= 0.3 is 0 Å². The van der Waals surface area contributed by atoms with Crippen LogP contribution in [0, 0.1) is 0 Å². The minimum Gasteiger partial charge on any atom is -0.497 e. The molecule has 0 fully saturated rings. The number of nitrogens with one attached hydrogen (secondary N) is 2. The van der Waals surface area contributed by atoms with E-state index in [0.29, 0.717) is 16.7 Å². The topological polar surface area (TPSA) is 124 Å². The number of methoxy groups -OCH3 is 1. The zero-order valence-electron chi connectivity index (χ0n) is 14.7. The van der Waals surface area contributed by atoms with Gasteiger partial charge in [0.2, 0.25) is 16.9 Å². The van der Waals surface area contributed by atoms with E-state index in [9.17, 15) is 4.79 Å². The van der Waals surface area contributed by atoms with Crippen LogP contribution in [0.15, 0.2) is 29.4 Å². The number of nitrogens with two attached hydrogens (primary N) is 1. The number of H-pyrrole nitrogens is 1. The van der Waals surface area contributed by atoms with Crippen molar-refractivity contribution < 1.29 is 9.53 Å². The van der Waals surface area contributed by atoms with E-state index >= 15 is 0 Å². The van der Waals surface area contributed by atoms with Gasteiger partial charge in [-0.2, -0.15) is 5.10 Å². The molecule has 3 aromatic rings. The number of nitrogen functional groups attached to an aromatic ring is 1. The molecule has 27 heavy (non-hydrogen) atoms. The highest BCUT2D eigenvalue weighted by Crippen LogP contribution is 2.30. The van der Waals surface area contributed by atoms with Crippen LogP contribution in [-0.2, 0) is 17.6 Å². The van der Waals surface area contributed by atoms with Crippen molar-refractivity contribution in [3.05, 3.63) is 35.5 Å². The Labute approximate surface area is 159 Å². The number of hydrogen-bond acceptors (Lipinski definition) is 7. The third-order valence-corrected chi connectivity index (χ3v) is 5.33. The van der Waals surface area contributed by atoms with E-state index in [1.165, 1.54) is 16.4 Å². The molecular weight excluding hydrogens is 366 g/mol. The van der Waals surface area contributed by atoms with Crippen LogP contribution in [0.3, 0.4) is 0 Å². The molecule has 140 valence electrons. The summed E-state index contributed by atoms with van der Waals surface area (Å²) >= 11 is 1.22. The van der Waals surface area contributed by atoms with E-state index in [1.54, 1.807) is 31.4 Å². The minimum atomic E-state index is -0.157. The Balaban J connectivity index is 1.40. The molecule has 0 bridgehead atoms. The summed E-state index contributed by atoms with van der Waals surface area (Å²) < 4.78 is 6.49. The lowest BCUT2D eigenvalue weighted by atomic mass is 10.2.